The molecule has 1 saturated heterocycles. The topological polar surface area (TPSA) is 130 Å². The number of ketones is 1. The van der Waals surface area contributed by atoms with Crippen molar-refractivity contribution in [2.45, 2.75) is 25.8 Å². The summed E-state index contributed by atoms with van der Waals surface area (Å²) < 4.78 is 5.05. The fourth-order valence-electron chi connectivity index (χ4n) is 3.59. The van der Waals surface area contributed by atoms with E-state index in [1.54, 1.807) is 6.07 Å². The molecule has 3 rings (SSSR count). The van der Waals surface area contributed by atoms with Crippen LogP contribution < -0.4 is 4.74 Å². The Hall–Kier alpha value is -3.88. The van der Waals surface area contributed by atoms with Gasteiger partial charge in [-0.1, -0.05) is 31.5 Å². The van der Waals surface area contributed by atoms with Gasteiger partial charge in [-0.3, -0.25) is 19.7 Å². The Morgan fingerprint density at radius 1 is 1.23 bits per heavy atom. The van der Waals surface area contributed by atoms with Crippen molar-refractivity contribution in [3.05, 3.63) is 69.3 Å². The summed E-state index contributed by atoms with van der Waals surface area (Å²) in [5.41, 5.74) is 0.0000744. The van der Waals surface area contributed by atoms with Crippen LogP contribution in [0.5, 0.6) is 11.5 Å². The molecular formula is C22H22N2O7. The van der Waals surface area contributed by atoms with Crippen LogP contribution in [-0.2, 0) is 9.59 Å². The average Bonchev–Trinajstić information content (AvgIpc) is 3.01. The number of phenolic OH excluding ortho intramolecular Hbond substituents is 1. The van der Waals surface area contributed by atoms with Crippen molar-refractivity contribution in [2.24, 2.45) is 0 Å². The molecule has 2 aromatic rings. The van der Waals surface area contributed by atoms with E-state index < -0.39 is 28.4 Å². The second-order valence-electron chi connectivity index (χ2n) is 7.08. The van der Waals surface area contributed by atoms with Crippen molar-refractivity contribution >= 4 is 23.1 Å². The third kappa shape index (κ3) is 4.07. The number of benzene rings is 2. The maximum atomic E-state index is 12.9. The third-order valence-electron chi connectivity index (χ3n) is 5.14. The zero-order valence-electron chi connectivity index (χ0n) is 17.1. The number of rotatable bonds is 7. The van der Waals surface area contributed by atoms with Crippen LogP contribution in [0.3, 0.4) is 0 Å². The summed E-state index contributed by atoms with van der Waals surface area (Å²) in [6.45, 7) is 2.21. The third-order valence-corrected chi connectivity index (χ3v) is 5.14. The molecule has 0 radical (unpaired) electrons. The molecule has 2 aromatic carbocycles. The number of unbranched alkanes of at least 4 members (excludes halogenated alkanes) is 1. The van der Waals surface area contributed by atoms with Crippen LogP contribution in [0.25, 0.3) is 5.76 Å². The highest BCUT2D eigenvalue weighted by Gasteiger charge is 2.46. The Labute approximate surface area is 178 Å². The summed E-state index contributed by atoms with van der Waals surface area (Å²) in [5.74, 6) is -2.15. The molecule has 0 aliphatic carbocycles. The lowest BCUT2D eigenvalue weighted by atomic mass is 9.94. The number of nitro groups is 1. The van der Waals surface area contributed by atoms with E-state index in [1.165, 1.54) is 42.3 Å². The fraction of sp³-hybridized carbons (Fsp3) is 0.273. The lowest BCUT2D eigenvalue weighted by Crippen LogP contribution is -2.30. The van der Waals surface area contributed by atoms with E-state index in [4.69, 9.17) is 4.74 Å². The van der Waals surface area contributed by atoms with E-state index in [1.807, 2.05) is 6.92 Å². The smallest absolute Gasteiger partial charge is 0.295 e. The summed E-state index contributed by atoms with van der Waals surface area (Å²) >= 11 is 0. The summed E-state index contributed by atoms with van der Waals surface area (Å²) in [4.78, 5) is 37.5. The quantitative estimate of drug-likeness (QED) is 0.228. The van der Waals surface area contributed by atoms with Crippen LogP contribution >= 0.6 is 0 Å². The number of hydrogen-bond donors (Lipinski definition) is 2. The number of aliphatic hydroxyl groups is 1. The van der Waals surface area contributed by atoms with Crippen LogP contribution in [-0.4, -0.2) is 45.4 Å². The molecule has 0 spiro atoms. The number of Topliss-reactive ketones (excluding diaryl/α,β-unsaturated/α-hetero) is 1. The summed E-state index contributed by atoms with van der Waals surface area (Å²) in [7, 11) is 1.39. The van der Waals surface area contributed by atoms with E-state index in [-0.39, 0.29) is 34.9 Å². The lowest BCUT2D eigenvalue weighted by Gasteiger charge is -2.25. The lowest BCUT2D eigenvalue weighted by molar-refractivity contribution is -0.384. The van der Waals surface area contributed by atoms with Gasteiger partial charge in [0, 0.05) is 24.2 Å². The monoisotopic (exact) mass is 426 g/mol. The molecule has 9 heteroatoms. The Morgan fingerprint density at radius 3 is 2.58 bits per heavy atom. The predicted octanol–water partition coefficient (Wildman–Crippen LogP) is 3.53. The number of aliphatic hydroxyl groups excluding tert-OH is 1. The molecule has 1 aliphatic rings. The van der Waals surface area contributed by atoms with Crippen LogP contribution in [0.15, 0.2) is 48.0 Å². The number of carbonyl (C=O) groups is 2. The van der Waals surface area contributed by atoms with Gasteiger partial charge in [-0.25, -0.2) is 0 Å². The van der Waals surface area contributed by atoms with Crippen LogP contribution in [0.2, 0.25) is 0 Å². The number of ether oxygens (including phenoxy) is 1. The van der Waals surface area contributed by atoms with Gasteiger partial charge in [-0.05, 0) is 24.1 Å². The second kappa shape index (κ2) is 8.86. The maximum absolute atomic E-state index is 12.9. The number of aromatic hydroxyl groups is 1. The normalized spacial score (nSPS) is 17.7. The highest BCUT2D eigenvalue weighted by molar-refractivity contribution is 6.46. The minimum absolute atomic E-state index is 0.0467. The highest BCUT2D eigenvalue weighted by atomic mass is 16.6. The minimum atomic E-state index is -0.956. The van der Waals surface area contributed by atoms with E-state index >= 15 is 0 Å². The first-order chi connectivity index (χ1) is 14.8. The molecule has 0 saturated carbocycles. The van der Waals surface area contributed by atoms with Crippen LogP contribution in [0.1, 0.15) is 36.9 Å². The van der Waals surface area contributed by atoms with Gasteiger partial charge in [0.2, 0.25) is 0 Å². The minimum Gasteiger partial charge on any atom is -0.507 e. The zero-order chi connectivity index (χ0) is 22.7. The van der Waals surface area contributed by atoms with Crippen molar-refractivity contribution in [3.63, 3.8) is 0 Å². The van der Waals surface area contributed by atoms with Gasteiger partial charge in [0.15, 0.2) is 11.5 Å². The van der Waals surface area contributed by atoms with E-state index in [0.29, 0.717) is 12.0 Å². The summed E-state index contributed by atoms with van der Waals surface area (Å²) in [6, 6.07) is 8.70. The number of phenols is 1. The van der Waals surface area contributed by atoms with Crippen molar-refractivity contribution in [3.8, 4) is 11.5 Å². The molecule has 1 fully saturated rings. The Morgan fingerprint density at radius 2 is 1.97 bits per heavy atom. The predicted molar refractivity (Wildman–Crippen MR) is 112 cm³/mol. The molecule has 1 amide bonds. The van der Waals surface area contributed by atoms with Gasteiger partial charge in [0.25, 0.3) is 17.4 Å². The van der Waals surface area contributed by atoms with Gasteiger partial charge in [-0.15, -0.1) is 0 Å². The summed E-state index contributed by atoms with van der Waals surface area (Å²) in [6.07, 6.45) is 1.40. The van der Waals surface area contributed by atoms with E-state index in [0.717, 1.165) is 12.5 Å². The van der Waals surface area contributed by atoms with Crippen LogP contribution in [0.4, 0.5) is 5.69 Å². The van der Waals surface area contributed by atoms with Crippen LogP contribution in [0, 0.1) is 10.1 Å². The molecule has 9 nitrogen and oxygen atoms in total. The summed E-state index contributed by atoms with van der Waals surface area (Å²) in [5, 5.41) is 32.3. The number of hydrogen-bond acceptors (Lipinski definition) is 7. The molecule has 1 unspecified atom stereocenters. The number of likely N-dealkylation sites (tertiary alicyclic amines) is 1. The molecule has 2 N–H and O–H groups in total. The van der Waals surface area contributed by atoms with Crippen molar-refractivity contribution < 1.29 is 29.5 Å². The number of non-ortho nitro benzene ring substituents is 1. The first kappa shape index (κ1) is 21.8. The molecule has 1 atom stereocenters. The van der Waals surface area contributed by atoms with Gasteiger partial charge in [0.1, 0.15) is 5.76 Å². The first-order valence-corrected chi connectivity index (χ1v) is 9.70. The molecule has 1 aliphatic heterocycles. The number of nitrogens with zero attached hydrogens (tertiary/aromatic N) is 2. The fourth-order valence-corrected chi connectivity index (χ4v) is 3.59. The molecule has 1 heterocycles. The first-order valence-electron chi connectivity index (χ1n) is 9.70. The number of amides is 1. The second-order valence-corrected chi connectivity index (χ2v) is 7.08. The van der Waals surface area contributed by atoms with E-state index in [9.17, 15) is 29.9 Å². The standard InChI is InChI=1S/C22H22N2O7/c1-3-4-10-23-19(13-8-9-17(31-2)16(25)12-13)18(21(27)22(23)28)20(26)14-6-5-7-15(11-14)24(29)30/h5-9,11-12,19,25-26H,3-4,10H2,1-2H3/b20-18-. The van der Waals surface area contributed by atoms with Gasteiger partial charge in [0.05, 0.1) is 23.6 Å². The largest absolute Gasteiger partial charge is 0.507 e. The molecule has 162 valence electrons. The zero-order valence-corrected chi connectivity index (χ0v) is 17.1. The van der Waals surface area contributed by atoms with Gasteiger partial charge >= 0.3 is 0 Å². The number of methoxy groups -OCH3 is 1. The van der Waals surface area contributed by atoms with Crippen molar-refractivity contribution in [1.29, 1.82) is 0 Å². The Bertz CT molecular complexity index is 1080. The Balaban J connectivity index is 2.20. The number of nitro benzene ring substituents is 1. The SMILES string of the molecule is CCCCN1C(=O)C(=O)/C(=C(\O)c2cccc([N+](=O)[O-])c2)C1c1ccc(OC)c(O)c1. The Kier molecular flexibility index (Phi) is 6.24. The van der Waals surface area contributed by atoms with E-state index in [2.05, 4.69) is 0 Å². The average molecular weight is 426 g/mol. The highest BCUT2D eigenvalue weighted by Crippen LogP contribution is 2.42. The molecule has 0 aromatic heterocycles. The van der Waals surface area contributed by atoms with Gasteiger partial charge < -0.3 is 19.8 Å². The number of carbonyl (C=O) groups excluding carboxylic acids is 2. The molecular weight excluding hydrogens is 404 g/mol. The van der Waals surface area contributed by atoms with Crippen molar-refractivity contribution in [2.75, 3.05) is 13.7 Å². The maximum Gasteiger partial charge on any atom is 0.295 e. The molecule has 0 bridgehead atoms. The molecule has 31 heavy (non-hydrogen) atoms. The van der Waals surface area contributed by atoms with Crippen molar-refractivity contribution in [1.82, 2.24) is 4.90 Å². The van der Waals surface area contributed by atoms with Gasteiger partial charge in [-0.2, -0.15) is 0 Å².